The van der Waals surface area contributed by atoms with Crippen molar-refractivity contribution in [3.8, 4) is 17.2 Å². The van der Waals surface area contributed by atoms with E-state index in [-0.39, 0.29) is 5.82 Å². The minimum atomic E-state index is -0.336. The molecule has 0 atom stereocenters. The molecule has 0 saturated carbocycles. The summed E-state index contributed by atoms with van der Waals surface area (Å²) in [5.74, 6) is 1.29. The van der Waals surface area contributed by atoms with E-state index in [4.69, 9.17) is 15.2 Å². The summed E-state index contributed by atoms with van der Waals surface area (Å²) in [6, 6.07) is 9.50. The summed E-state index contributed by atoms with van der Waals surface area (Å²) in [7, 11) is 1.53. The Bertz CT molecular complexity index is 575. The molecule has 0 aromatic heterocycles. The Kier molecular flexibility index (Phi) is 3.72. The van der Waals surface area contributed by atoms with Crippen molar-refractivity contribution < 1.29 is 13.9 Å². The van der Waals surface area contributed by atoms with Crippen LogP contribution in [0.3, 0.4) is 0 Å². The predicted octanol–water partition coefficient (Wildman–Crippen LogP) is 3.97. The smallest absolute Gasteiger partial charge is 0.145 e. The van der Waals surface area contributed by atoms with Gasteiger partial charge in [-0.05, 0) is 46.3 Å². The zero-order chi connectivity index (χ0) is 13.1. The SMILES string of the molecule is COc1cc(Oc2ccc(F)c(Br)c2)ccc1N. The van der Waals surface area contributed by atoms with E-state index in [0.717, 1.165) is 0 Å². The maximum absolute atomic E-state index is 13.1. The van der Waals surface area contributed by atoms with Crippen LogP contribution in [-0.4, -0.2) is 7.11 Å². The third kappa shape index (κ3) is 2.73. The second-order valence-electron chi connectivity index (χ2n) is 3.58. The predicted molar refractivity (Wildman–Crippen MR) is 71.6 cm³/mol. The van der Waals surface area contributed by atoms with Gasteiger partial charge in [0, 0.05) is 6.07 Å². The van der Waals surface area contributed by atoms with E-state index < -0.39 is 0 Å². The van der Waals surface area contributed by atoms with E-state index in [9.17, 15) is 4.39 Å². The molecule has 2 N–H and O–H groups in total. The van der Waals surface area contributed by atoms with Crippen molar-refractivity contribution in [3.05, 3.63) is 46.7 Å². The molecule has 0 fully saturated rings. The van der Waals surface area contributed by atoms with Crippen LogP contribution in [0, 0.1) is 5.82 Å². The first-order valence-corrected chi connectivity index (χ1v) is 5.96. The highest BCUT2D eigenvalue weighted by atomic mass is 79.9. The molecule has 0 bridgehead atoms. The Morgan fingerprint density at radius 1 is 1.11 bits per heavy atom. The standard InChI is InChI=1S/C13H11BrFNO2/c1-17-13-7-9(3-5-12(13)16)18-8-2-4-11(15)10(14)6-8/h2-7H,16H2,1H3. The number of hydrogen-bond acceptors (Lipinski definition) is 3. The van der Waals surface area contributed by atoms with Crippen molar-refractivity contribution in [2.45, 2.75) is 0 Å². The van der Waals surface area contributed by atoms with E-state index >= 15 is 0 Å². The van der Waals surface area contributed by atoms with Gasteiger partial charge in [0.1, 0.15) is 23.1 Å². The molecule has 0 amide bonds. The molecule has 0 unspecified atom stereocenters. The molecular formula is C13H11BrFNO2. The number of benzene rings is 2. The van der Waals surface area contributed by atoms with Crippen molar-refractivity contribution in [2.24, 2.45) is 0 Å². The molecule has 0 aliphatic carbocycles. The summed E-state index contributed by atoms with van der Waals surface area (Å²) in [5, 5.41) is 0. The molecule has 0 heterocycles. The van der Waals surface area contributed by atoms with Gasteiger partial charge in [-0.15, -0.1) is 0 Å². The minimum absolute atomic E-state index is 0.336. The first-order chi connectivity index (χ1) is 8.60. The van der Waals surface area contributed by atoms with Gasteiger partial charge in [0.2, 0.25) is 0 Å². The largest absolute Gasteiger partial charge is 0.494 e. The number of rotatable bonds is 3. The van der Waals surface area contributed by atoms with Gasteiger partial charge in [-0.25, -0.2) is 4.39 Å². The lowest BCUT2D eigenvalue weighted by molar-refractivity contribution is 0.411. The van der Waals surface area contributed by atoms with Crippen LogP contribution in [-0.2, 0) is 0 Å². The second kappa shape index (κ2) is 5.27. The van der Waals surface area contributed by atoms with Gasteiger partial charge < -0.3 is 15.2 Å². The Labute approximate surface area is 112 Å². The fourth-order valence-corrected chi connectivity index (χ4v) is 1.79. The molecule has 5 heteroatoms. The average molecular weight is 312 g/mol. The van der Waals surface area contributed by atoms with Crippen LogP contribution < -0.4 is 15.2 Å². The number of halogens is 2. The maximum Gasteiger partial charge on any atom is 0.145 e. The third-order valence-corrected chi connectivity index (χ3v) is 2.94. The van der Waals surface area contributed by atoms with Gasteiger partial charge >= 0.3 is 0 Å². The minimum Gasteiger partial charge on any atom is -0.494 e. The highest BCUT2D eigenvalue weighted by molar-refractivity contribution is 9.10. The summed E-state index contributed by atoms with van der Waals surface area (Å²) in [4.78, 5) is 0. The van der Waals surface area contributed by atoms with Crippen LogP contribution in [0.5, 0.6) is 17.2 Å². The highest BCUT2D eigenvalue weighted by Gasteiger charge is 2.05. The first-order valence-electron chi connectivity index (χ1n) is 5.16. The quantitative estimate of drug-likeness (QED) is 0.872. The highest BCUT2D eigenvalue weighted by Crippen LogP contribution is 2.31. The molecule has 2 aromatic rings. The van der Waals surface area contributed by atoms with Crippen LogP contribution in [0.25, 0.3) is 0 Å². The van der Waals surface area contributed by atoms with E-state index in [1.165, 1.54) is 13.2 Å². The van der Waals surface area contributed by atoms with Crippen molar-refractivity contribution in [2.75, 3.05) is 12.8 Å². The molecule has 0 saturated heterocycles. The van der Waals surface area contributed by atoms with Gasteiger partial charge in [-0.3, -0.25) is 0 Å². The van der Waals surface area contributed by atoms with Crippen LogP contribution in [0.1, 0.15) is 0 Å². The molecule has 0 radical (unpaired) electrons. The normalized spacial score (nSPS) is 10.2. The topological polar surface area (TPSA) is 44.5 Å². The Morgan fingerprint density at radius 2 is 1.78 bits per heavy atom. The number of ether oxygens (including phenoxy) is 2. The lowest BCUT2D eigenvalue weighted by Gasteiger charge is -2.09. The van der Waals surface area contributed by atoms with E-state index in [0.29, 0.717) is 27.4 Å². The van der Waals surface area contributed by atoms with Crippen molar-refractivity contribution in [1.29, 1.82) is 0 Å². The Hall–Kier alpha value is -1.75. The zero-order valence-corrected chi connectivity index (χ0v) is 11.2. The average Bonchev–Trinajstić information content (AvgIpc) is 2.36. The fraction of sp³-hybridized carbons (Fsp3) is 0.0769. The van der Waals surface area contributed by atoms with Crippen molar-refractivity contribution in [1.82, 2.24) is 0 Å². The van der Waals surface area contributed by atoms with Crippen LogP contribution in [0.2, 0.25) is 0 Å². The van der Waals surface area contributed by atoms with Gasteiger partial charge in [0.05, 0.1) is 17.3 Å². The Balaban J connectivity index is 2.25. The lowest BCUT2D eigenvalue weighted by atomic mass is 10.3. The zero-order valence-electron chi connectivity index (χ0n) is 9.61. The summed E-state index contributed by atoms with van der Waals surface area (Å²) >= 11 is 3.10. The lowest BCUT2D eigenvalue weighted by Crippen LogP contribution is -1.93. The molecule has 3 nitrogen and oxygen atoms in total. The monoisotopic (exact) mass is 311 g/mol. The number of anilines is 1. The Morgan fingerprint density at radius 3 is 2.44 bits per heavy atom. The summed E-state index contributed by atoms with van der Waals surface area (Å²) in [6.07, 6.45) is 0. The summed E-state index contributed by atoms with van der Waals surface area (Å²) in [6.45, 7) is 0. The molecule has 0 aliphatic heterocycles. The van der Waals surface area contributed by atoms with Gasteiger partial charge in [-0.2, -0.15) is 0 Å². The van der Waals surface area contributed by atoms with E-state index in [2.05, 4.69) is 15.9 Å². The van der Waals surface area contributed by atoms with E-state index in [1.807, 2.05) is 0 Å². The van der Waals surface area contributed by atoms with Gasteiger partial charge in [0.25, 0.3) is 0 Å². The molecule has 2 aromatic carbocycles. The van der Waals surface area contributed by atoms with Crippen molar-refractivity contribution >= 4 is 21.6 Å². The number of nitrogens with two attached hydrogens (primary N) is 1. The van der Waals surface area contributed by atoms with Crippen LogP contribution >= 0.6 is 15.9 Å². The number of hydrogen-bond donors (Lipinski definition) is 1. The second-order valence-corrected chi connectivity index (χ2v) is 4.44. The number of nitrogen functional groups attached to an aromatic ring is 1. The summed E-state index contributed by atoms with van der Waals surface area (Å²) < 4.78 is 24.1. The van der Waals surface area contributed by atoms with Crippen molar-refractivity contribution in [3.63, 3.8) is 0 Å². The number of methoxy groups -OCH3 is 1. The fourth-order valence-electron chi connectivity index (χ4n) is 1.43. The van der Waals surface area contributed by atoms with E-state index in [1.54, 1.807) is 30.3 Å². The molecule has 0 aliphatic rings. The van der Waals surface area contributed by atoms with Crippen LogP contribution in [0.4, 0.5) is 10.1 Å². The molecule has 0 spiro atoms. The summed E-state index contributed by atoms with van der Waals surface area (Å²) in [5.41, 5.74) is 6.23. The molecule has 94 valence electrons. The third-order valence-electron chi connectivity index (χ3n) is 2.33. The van der Waals surface area contributed by atoms with Gasteiger partial charge in [0.15, 0.2) is 0 Å². The molecular weight excluding hydrogens is 301 g/mol. The first kappa shape index (κ1) is 12.7. The maximum atomic E-state index is 13.1. The molecule has 18 heavy (non-hydrogen) atoms. The molecule has 2 rings (SSSR count). The van der Waals surface area contributed by atoms with Gasteiger partial charge in [-0.1, -0.05) is 0 Å². The van der Waals surface area contributed by atoms with Crippen LogP contribution in [0.15, 0.2) is 40.9 Å².